The topological polar surface area (TPSA) is 67.6 Å². The maximum absolute atomic E-state index is 13.9. The average molecular weight is 281 g/mol. The lowest BCUT2D eigenvalue weighted by atomic mass is 10.1. The van der Waals surface area contributed by atoms with E-state index in [1.54, 1.807) is 6.92 Å². The monoisotopic (exact) mass is 281 g/mol. The number of nitrogen functional groups attached to an aromatic ring is 1. The summed E-state index contributed by atoms with van der Waals surface area (Å²) in [5.74, 6) is -1.01. The van der Waals surface area contributed by atoms with Crippen LogP contribution in [-0.2, 0) is 4.74 Å². The standard InChI is InChI=1S/C14H20FN3O2/c1-2-20-14(19)10-8-13(11(15)9-12(10)16)17-18-6-4-3-5-7-18/h8-9,17H,2-7,16H2,1H3. The molecule has 0 aromatic heterocycles. The number of nitrogens with one attached hydrogen (secondary N) is 1. The minimum atomic E-state index is -0.535. The van der Waals surface area contributed by atoms with Crippen LogP contribution in [0, 0.1) is 5.82 Å². The number of hydrogen-bond acceptors (Lipinski definition) is 5. The second-order valence-corrected chi connectivity index (χ2v) is 4.80. The van der Waals surface area contributed by atoms with Crippen molar-refractivity contribution in [3.05, 3.63) is 23.5 Å². The van der Waals surface area contributed by atoms with E-state index in [2.05, 4.69) is 5.43 Å². The Balaban J connectivity index is 2.19. The smallest absolute Gasteiger partial charge is 0.340 e. The molecule has 110 valence electrons. The zero-order valence-corrected chi connectivity index (χ0v) is 11.6. The molecule has 20 heavy (non-hydrogen) atoms. The molecule has 0 aliphatic carbocycles. The first-order chi connectivity index (χ1) is 9.61. The number of rotatable bonds is 4. The fourth-order valence-corrected chi connectivity index (χ4v) is 2.24. The van der Waals surface area contributed by atoms with Crippen LogP contribution in [0.1, 0.15) is 36.5 Å². The van der Waals surface area contributed by atoms with E-state index in [0.717, 1.165) is 32.0 Å². The van der Waals surface area contributed by atoms with Gasteiger partial charge in [0.25, 0.3) is 0 Å². The summed E-state index contributed by atoms with van der Waals surface area (Å²) in [6, 6.07) is 2.57. The maximum Gasteiger partial charge on any atom is 0.340 e. The highest BCUT2D eigenvalue weighted by Crippen LogP contribution is 2.24. The third-order valence-electron chi connectivity index (χ3n) is 3.27. The molecule has 0 unspecified atom stereocenters. The Morgan fingerprint density at radius 1 is 1.40 bits per heavy atom. The quantitative estimate of drug-likeness (QED) is 0.655. The molecular weight excluding hydrogens is 261 g/mol. The van der Waals surface area contributed by atoms with Gasteiger partial charge in [-0.05, 0) is 31.9 Å². The SMILES string of the molecule is CCOC(=O)c1cc(NN2CCCCC2)c(F)cc1N. The summed E-state index contributed by atoms with van der Waals surface area (Å²) in [5.41, 5.74) is 9.21. The van der Waals surface area contributed by atoms with Crippen LogP contribution in [0.15, 0.2) is 12.1 Å². The number of carbonyl (C=O) groups is 1. The molecule has 0 bridgehead atoms. The van der Waals surface area contributed by atoms with Crippen molar-refractivity contribution in [1.29, 1.82) is 0 Å². The highest BCUT2D eigenvalue weighted by atomic mass is 19.1. The minimum Gasteiger partial charge on any atom is -0.462 e. The summed E-state index contributed by atoms with van der Waals surface area (Å²) < 4.78 is 18.8. The van der Waals surface area contributed by atoms with Crippen LogP contribution >= 0.6 is 0 Å². The van der Waals surface area contributed by atoms with Crippen LogP contribution in [0.3, 0.4) is 0 Å². The number of piperidine rings is 1. The third-order valence-corrected chi connectivity index (χ3v) is 3.27. The number of ether oxygens (including phenoxy) is 1. The molecule has 1 aromatic rings. The van der Waals surface area contributed by atoms with Crippen LogP contribution in [-0.4, -0.2) is 30.7 Å². The number of anilines is 2. The predicted octanol–water partition coefficient (Wildman–Crippen LogP) is 2.40. The molecule has 1 aromatic carbocycles. The van der Waals surface area contributed by atoms with E-state index in [0.29, 0.717) is 0 Å². The van der Waals surface area contributed by atoms with Crippen LogP contribution in [0.2, 0.25) is 0 Å². The Kier molecular flexibility index (Phi) is 4.79. The number of halogens is 1. The highest BCUT2D eigenvalue weighted by molar-refractivity contribution is 5.96. The van der Waals surface area contributed by atoms with Crippen molar-refractivity contribution >= 4 is 17.3 Å². The van der Waals surface area contributed by atoms with Crippen molar-refractivity contribution in [2.24, 2.45) is 0 Å². The number of hydrogen-bond donors (Lipinski definition) is 2. The summed E-state index contributed by atoms with van der Waals surface area (Å²) in [6.07, 6.45) is 3.35. The Labute approximate surface area is 117 Å². The van der Waals surface area contributed by atoms with E-state index in [1.165, 1.54) is 12.5 Å². The maximum atomic E-state index is 13.9. The molecule has 2 rings (SSSR count). The first-order valence-electron chi connectivity index (χ1n) is 6.89. The van der Waals surface area contributed by atoms with Gasteiger partial charge in [-0.25, -0.2) is 14.2 Å². The molecule has 1 saturated heterocycles. The zero-order chi connectivity index (χ0) is 14.5. The summed E-state index contributed by atoms with van der Waals surface area (Å²) >= 11 is 0. The molecule has 1 heterocycles. The largest absolute Gasteiger partial charge is 0.462 e. The van der Waals surface area contributed by atoms with Gasteiger partial charge >= 0.3 is 5.97 Å². The Hall–Kier alpha value is -1.82. The number of benzene rings is 1. The number of nitrogens with two attached hydrogens (primary N) is 1. The summed E-state index contributed by atoms with van der Waals surface area (Å²) in [7, 11) is 0. The molecular formula is C14H20FN3O2. The predicted molar refractivity (Wildman–Crippen MR) is 75.8 cm³/mol. The molecule has 6 heteroatoms. The van der Waals surface area contributed by atoms with Gasteiger partial charge in [-0.3, -0.25) is 0 Å². The molecule has 0 saturated carbocycles. The average Bonchev–Trinajstić information content (AvgIpc) is 2.43. The van der Waals surface area contributed by atoms with Gasteiger partial charge in [-0.1, -0.05) is 6.42 Å². The van der Waals surface area contributed by atoms with E-state index in [4.69, 9.17) is 10.5 Å². The summed E-state index contributed by atoms with van der Waals surface area (Å²) in [5, 5.41) is 1.95. The van der Waals surface area contributed by atoms with Gasteiger partial charge in [0.1, 0.15) is 5.82 Å². The fraction of sp³-hybridized carbons (Fsp3) is 0.500. The van der Waals surface area contributed by atoms with Crippen molar-refractivity contribution in [3.8, 4) is 0 Å². The highest BCUT2D eigenvalue weighted by Gasteiger charge is 2.17. The number of nitrogens with zero attached hydrogens (tertiary/aromatic N) is 1. The lowest BCUT2D eigenvalue weighted by Crippen LogP contribution is -2.35. The molecule has 0 amide bonds. The van der Waals surface area contributed by atoms with Gasteiger partial charge in [0.2, 0.25) is 0 Å². The summed E-state index contributed by atoms with van der Waals surface area (Å²) in [6.45, 7) is 3.69. The van der Waals surface area contributed by atoms with Gasteiger partial charge in [0, 0.05) is 18.8 Å². The first kappa shape index (κ1) is 14.6. The molecule has 0 spiro atoms. The van der Waals surface area contributed by atoms with Crippen molar-refractivity contribution in [2.75, 3.05) is 30.9 Å². The van der Waals surface area contributed by atoms with E-state index in [9.17, 15) is 9.18 Å². The lowest BCUT2D eigenvalue weighted by Gasteiger charge is -2.28. The fourth-order valence-electron chi connectivity index (χ4n) is 2.24. The van der Waals surface area contributed by atoms with Gasteiger partial charge < -0.3 is 15.9 Å². The van der Waals surface area contributed by atoms with Gasteiger partial charge in [0.05, 0.1) is 17.9 Å². The van der Waals surface area contributed by atoms with Crippen LogP contribution in [0.4, 0.5) is 15.8 Å². The number of esters is 1. The molecule has 1 aliphatic heterocycles. The number of carbonyl (C=O) groups excluding carboxylic acids is 1. The van der Waals surface area contributed by atoms with Gasteiger partial charge in [-0.15, -0.1) is 0 Å². The first-order valence-corrected chi connectivity index (χ1v) is 6.89. The van der Waals surface area contributed by atoms with Crippen molar-refractivity contribution in [3.63, 3.8) is 0 Å². The van der Waals surface area contributed by atoms with E-state index in [-0.39, 0.29) is 23.5 Å². The second kappa shape index (κ2) is 6.56. The van der Waals surface area contributed by atoms with Crippen LogP contribution in [0.5, 0.6) is 0 Å². The number of hydrazine groups is 1. The van der Waals surface area contributed by atoms with Crippen molar-refractivity contribution < 1.29 is 13.9 Å². The normalized spacial score (nSPS) is 15.9. The summed E-state index contributed by atoms with van der Waals surface area (Å²) in [4.78, 5) is 11.8. The Morgan fingerprint density at radius 2 is 2.10 bits per heavy atom. The molecule has 1 fully saturated rings. The van der Waals surface area contributed by atoms with E-state index >= 15 is 0 Å². The third kappa shape index (κ3) is 3.39. The van der Waals surface area contributed by atoms with Crippen LogP contribution < -0.4 is 11.2 Å². The molecule has 5 nitrogen and oxygen atoms in total. The molecule has 0 radical (unpaired) electrons. The second-order valence-electron chi connectivity index (χ2n) is 4.80. The van der Waals surface area contributed by atoms with E-state index in [1.807, 2.05) is 5.01 Å². The van der Waals surface area contributed by atoms with Gasteiger partial charge in [-0.2, -0.15) is 0 Å². The molecule has 1 aliphatic rings. The lowest BCUT2D eigenvalue weighted by molar-refractivity contribution is 0.0527. The van der Waals surface area contributed by atoms with Gasteiger partial charge in [0.15, 0.2) is 0 Å². The molecule has 3 N–H and O–H groups in total. The molecule has 0 atom stereocenters. The van der Waals surface area contributed by atoms with E-state index < -0.39 is 11.8 Å². The minimum absolute atomic E-state index is 0.0881. The Bertz CT molecular complexity index is 488. The van der Waals surface area contributed by atoms with Crippen molar-refractivity contribution in [2.45, 2.75) is 26.2 Å². The zero-order valence-electron chi connectivity index (χ0n) is 11.6. The Morgan fingerprint density at radius 3 is 2.75 bits per heavy atom. The van der Waals surface area contributed by atoms with Crippen molar-refractivity contribution in [1.82, 2.24) is 5.01 Å². The van der Waals surface area contributed by atoms with Crippen LogP contribution in [0.25, 0.3) is 0 Å².